The summed E-state index contributed by atoms with van der Waals surface area (Å²) in [6.45, 7) is 2.17. The van der Waals surface area contributed by atoms with Crippen molar-refractivity contribution in [2.75, 3.05) is 6.07 Å². The second-order valence-corrected chi connectivity index (χ2v) is 3.99. The molecule has 1 unspecified atom stereocenters. The molecule has 0 saturated heterocycles. The number of esters is 1. The van der Waals surface area contributed by atoms with Gasteiger partial charge in [-0.1, -0.05) is 50.6 Å². The van der Waals surface area contributed by atoms with Crippen LogP contribution in [0.3, 0.4) is 0 Å². The van der Waals surface area contributed by atoms with Crippen molar-refractivity contribution in [2.24, 2.45) is 0 Å². The SMILES string of the molecule is CCCCCCCC(Cl)C(=O)OCCl. The van der Waals surface area contributed by atoms with Crippen molar-refractivity contribution in [1.82, 2.24) is 0 Å². The minimum Gasteiger partial charge on any atom is -0.448 e. The molecule has 0 heterocycles. The Morgan fingerprint density at radius 2 is 1.93 bits per heavy atom. The van der Waals surface area contributed by atoms with Crippen LogP contribution < -0.4 is 0 Å². The van der Waals surface area contributed by atoms with Gasteiger partial charge in [-0.25, -0.2) is 0 Å². The predicted molar refractivity (Wildman–Crippen MR) is 59.8 cm³/mol. The Morgan fingerprint density at radius 3 is 2.50 bits per heavy atom. The third kappa shape index (κ3) is 7.45. The first-order chi connectivity index (χ1) is 6.72. The van der Waals surface area contributed by atoms with Gasteiger partial charge in [-0.2, -0.15) is 0 Å². The van der Waals surface area contributed by atoms with Crippen LogP contribution in [0.2, 0.25) is 0 Å². The minimum atomic E-state index is -0.532. The van der Waals surface area contributed by atoms with E-state index in [1.807, 2.05) is 0 Å². The number of carbonyl (C=O) groups excluding carboxylic acids is 1. The quantitative estimate of drug-likeness (QED) is 0.368. The Labute approximate surface area is 95.9 Å². The summed E-state index contributed by atoms with van der Waals surface area (Å²) in [4.78, 5) is 11.0. The highest BCUT2D eigenvalue weighted by Gasteiger charge is 2.15. The molecule has 0 aromatic rings. The van der Waals surface area contributed by atoms with E-state index in [4.69, 9.17) is 23.2 Å². The van der Waals surface area contributed by atoms with Crippen molar-refractivity contribution < 1.29 is 9.53 Å². The third-order valence-corrected chi connectivity index (χ3v) is 2.52. The molecule has 0 aliphatic carbocycles. The number of unbranched alkanes of at least 4 members (excludes halogenated alkanes) is 4. The van der Waals surface area contributed by atoms with Crippen molar-refractivity contribution in [3.05, 3.63) is 0 Å². The first-order valence-corrected chi connectivity index (χ1v) is 6.06. The van der Waals surface area contributed by atoms with Crippen molar-refractivity contribution in [3.8, 4) is 0 Å². The first-order valence-electron chi connectivity index (χ1n) is 5.09. The van der Waals surface area contributed by atoms with E-state index in [9.17, 15) is 4.79 Å². The molecule has 0 radical (unpaired) electrons. The summed E-state index contributed by atoms with van der Waals surface area (Å²) in [6.07, 6.45) is 6.47. The van der Waals surface area contributed by atoms with Gasteiger partial charge in [0.05, 0.1) is 0 Å². The average molecular weight is 241 g/mol. The fraction of sp³-hybridized carbons (Fsp3) is 0.900. The smallest absolute Gasteiger partial charge is 0.325 e. The Hall–Kier alpha value is 0.0500. The van der Waals surface area contributed by atoms with Gasteiger partial charge in [-0.15, -0.1) is 11.6 Å². The van der Waals surface area contributed by atoms with Crippen molar-refractivity contribution in [2.45, 2.75) is 50.8 Å². The highest BCUT2D eigenvalue weighted by Crippen LogP contribution is 2.12. The number of halogens is 2. The molecule has 2 nitrogen and oxygen atoms in total. The zero-order valence-electron chi connectivity index (χ0n) is 8.60. The maximum Gasteiger partial charge on any atom is 0.325 e. The number of alkyl halides is 2. The summed E-state index contributed by atoms with van der Waals surface area (Å²) >= 11 is 11.0. The van der Waals surface area contributed by atoms with Crippen LogP contribution in [0.25, 0.3) is 0 Å². The van der Waals surface area contributed by atoms with Crippen molar-refractivity contribution >= 4 is 29.2 Å². The number of carbonyl (C=O) groups is 1. The van der Waals surface area contributed by atoms with Crippen LogP contribution in [0.5, 0.6) is 0 Å². The van der Waals surface area contributed by atoms with Crippen LogP contribution in [0.4, 0.5) is 0 Å². The topological polar surface area (TPSA) is 26.3 Å². The number of ether oxygens (including phenoxy) is 1. The molecule has 0 N–H and O–H groups in total. The van der Waals surface area contributed by atoms with E-state index >= 15 is 0 Å². The maximum absolute atomic E-state index is 11.0. The van der Waals surface area contributed by atoms with Gasteiger partial charge in [0, 0.05) is 0 Å². The summed E-state index contributed by atoms with van der Waals surface area (Å²) in [7, 11) is 0. The van der Waals surface area contributed by atoms with Gasteiger partial charge in [0.15, 0.2) is 6.07 Å². The molecule has 0 aromatic carbocycles. The van der Waals surface area contributed by atoms with Gasteiger partial charge in [0.25, 0.3) is 0 Å². The highest BCUT2D eigenvalue weighted by molar-refractivity contribution is 6.30. The Balaban J connectivity index is 3.34. The van der Waals surface area contributed by atoms with Crippen molar-refractivity contribution in [1.29, 1.82) is 0 Å². The normalized spacial score (nSPS) is 12.5. The molecule has 0 bridgehead atoms. The lowest BCUT2D eigenvalue weighted by Crippen LogP contribution is -2.17. The molecule has 0 aromatic heterocycles. The maximum atomic E-state index is 11.0. The van der Waals surface area contributed by atoms with Crippen LogP contribution in [-0.4, -0.2) is 17.4 Å². The lowest BCUT2D eigenvalue weighted by atomic mass is 10.1. The third-order valence-electron chi connectivity index (χ3n) is 2.01. The van der Waals surface area contributed by atoms with E-state index in [-0.39, 0.29) is 6.07 Å². The molecule has 0 fully saturated rings. The predicted octanol–water partition coefficient (Wildman–Crippen LogP) is 3.69. The molecular formula is C10H18Cl2O2. The standard InChI is InChI=1S/C10H18Cl2O2/c1-2-3-4-5-6-7-9(12)10(13)14-8-11/h9H,2-8H2,1H3. The minimum absolute atomic E-state index is 0.113. The zero-order chi connectivity index (χ0) is 10.8. The fourth-order valence-corrected chi connectivity index (χ4v) is 1.51. The highest BCUT2D eigenvalue weighted by atomic mass is 35.5. The summed E-state index contributed by atoms with van der Waals surface area (Å²) in [5.74, 6) is -0.405. The number of hydrogen-bond donors (Lipinski definition) is 0. The van der Waals surface area contributed by atoms with E-state index in [1.54, 1.807) is 0 Å². The molecule has 14 heavy (non-hydrogen) atoms. The van der Waals surface area contributed by atoms with Gasteiger partial charge < -0.3 is 4.74 Å². The summed E-state index contributed by atoms with van der Waals surface area (Å²) in [5.41, 5.74) is 0. The van der Waals surface area contributed by atoms with E-state index in [1.165, 1.54) is 19.3 Å². The molecule has 0 saturated carbocycles. The monoisotopic (exact) mass is 240 g/mol. The lowest BCUT2D eigenvalue weighted by molar-refractivity contribution is -0.141. The first kappa shape index (κ1) is 14.1. The van der Waals surface area contributed by atoms with E-state index in [0.29, 0.717) is 6.42 Å². The number of hydrogen-bond acceptors (Lipinski definition) is 2. The van der Waals surface area contributed by atoms with Gasteiger partial charge in [-0.05, 0) is 6.42 Å². The van der Waals surface area contributed by atoms with Crippen LogP contribution in [0.15, 0.2) is 0 Å². The van der Waals surface area contributed by atoms with Gasteiger partial charge in [0.1, 0.15) is 5.38 Å². The van der Waals surface area contributed by atoms with Crippen molar-refractivity contribution in [3.63, 3.8) is 0 Å². The van der Waals surface area contributed by atoms with E-state index in [0.717, 1.165) is 12.8 Å². The molecule has 0 aliphatic rings. The van der Waals surface area contributed by atoms with Crippen LogP contribution in [-0.2, 0) is 9.53 Å². The van der Waals surface area contributed by atoms with E-state index < -0.39 is 11.3 Å². The molecule has 0 spiro atoms. The second kappa shape index (κ2) is 9.60. The summed E-state index contributed by atoms with van der Waals surface area (Å²) in [6, 6.07) is -0.113. The number of rotatable bonds is 8. The molecular weight excluding hydrogens is 223 g/mol. The van der Waals surface area contributed by atoms with Crippen LogP contribution >= 0.6 is 23.2 Å². The Kier molecular flexibility index (Phi) is 9.63. The summed E-state index contributed by atoms with van der Waals surface area (Å²) in [5, 5.41) is -0.532. The van der Waals surface area contributed by atoms with Gasteiger partial charge in [-0.3, -0.25) is 4.79 Å². The van der Waals surface area contributed by atoms with Gasteiger partial charge >= 0.3 is 5.97 Å². The Morgan fingerprint density at radius 1 is 1.29 bits per heavy atom. The fourth-order valence-electron chi connectivity index (χ4n) is 1.19. The second-order valence-electron chi connectivity index (χ2n) is 3.24. The largest absolute Gasteiger partial charge is 0.448 e. The van der Waals surface area contributed by atoms with Gasteiger partial charge in [0.2, 0.25) is 0 Å². The molecule has 1 atom stereocenters. The summed E-state index contributed by atoms with van der Waals surface area (Å²) < 4.78 is 4.58. The molecule has 0 rings (SSSR count). The van der Waals surface area contributed by atoms with E-state index in [2.05, 4.69) is 11.7 Å². The molecule has 4 heteroatoms. The molecule has 0 amide bonds. The van der Waals surface area contributed by atoms with Crippen LogP contribution in [0, 0.1) is 0 Å². The Bertz CT molecular complexity index is 151. The average Bonchev–Trinajstić information content (AvgIpc) is 2.17. The van der Waals surface area contributed by atoms with Crippen LogP contribution in [0.1, 0.15) is 45.4 Å². The molecule has 0 aliphatic heterocycles. The zero-order valence-corrected chi connectivity index (χ0v) is 10.1. The lowest BCUT2D eigenvalue weighted by Gasteiger charge is -2.07. The molecule has 84 valence electrons.